The van der Waals surface area contributed by atoms with Gasteiger partial charge in [-0.1, -0.05) is 19.0 Å². The van der Waals surface area contributed by atoms with Crippen molar-refractivity contribution in [1.29, 1.82) is 0 Å². The molecule has 1 aromatic heterocycles. The zero-order valence-corrected chi connectivity index (χ0v) is 13.4. The molecule has 1 N–H and O–H groups in total. The van der Waals surface area contributed by atoms with Gasteiger partial charge in [0, 0.05) is 15.3 Å². The SMILES string of the molecule is CC(C)c1noc(CSc2ccc(Br)c(C(=O)O)c2)n1. The molecule has 0 radical (unpaired) electrons. The number of carboxylic acid groups (broad SMARTS) is 1. The fraction of sp³-hybridized carbons (Fsp3) is 0.308. The van der Waals surface area contributed by atoms with E-state index in [1.165, 1.54) is 11.8 Å². The highest BCUT2D eigenvalue weighted by Gasteiger charge is 2.12. The molecule has 20 heavy (non-hydrogen) atoms. The lowest BCUT2D eigenvalue weighted by Gasteiger charge is -2.03. The predicted octanol–water partition coefficient (Wildman–Crippen LogP) is 3.95. The van der Waals surface area contributed by atoms with Crippen molar-refractivity contribution in [3.05, 3.63) is 40.0 Å². The van der Waals surface area contributed by atoms with Crippen LogP contribution in [0.2, 0.25) is 0 Å². The molecule has 0 aliphatic carbocycles. The number of carboxylic acids is 1. The summed E-state index contributed by atoms with van der Waals surface area (Å²) in [4.78, 5) is 16.2. The fourth-order valence-electron chi connectivity index (χ4n) is 1.46. The van der Waals surface area contributed by atoms with Crippen LogP contribution >= 0.6 is 27.7 Å². The molecule has 106 valence electrons. The molecule has 2 rings (SSSR count). The molecule has 0 aliphatic rings. The predicted molar refractivity (Wildman–Crippen MR) is 79.0 cm³/mol. The van der Waals surface area contributed by atoms with Crippen molar-refractivity contribution in [3.8, 4) is 0 Å². The van der Waals surface area contributed by atoms with Crippen molar-refractivity contribution >= 4 is 33.7 Å². The minimum absolute atomic E-state index is 0.226. The summed E-state index contributed by atoms with van der Waals surface area (Å²) in [5.74, 6) is 1.00. The van der Waals surface area contributed by atoms with Crippen LogP contribution in [0.15, 0.2) is 32.1 Å². The van der Waals surface area contributed by atoms with E-state index in [-0.39, 0.29) is 11.5 Å². The molecule has 2 aromatic rings. The van der Waals surface area contributed by atoms with E-state index in [0.717, 1.165) is 4.90 Å². The molecule has 0 spiro atoms. The molecule has 0 fully saturated rings. The van der Waals surface area contributed by atoms with Gasteiger partial charge in [0.2, 0.25) is 5.89 Å². The number of aromatic carboxylic acids is 1. The molecule has 0 amide bonds. The molecule has 0 unspecified atom stereocenters. The first-order valence-electron chi connectivity index (χ1n) is 5.95. The van der Waals surface area contributed by atoms with E-state index in [2.05, 4.69) is 26.1 Å². The number of benzene rings is 1. The van der Waals surface area contributed by atoms with E-state index in [1.807, 2.05) is 19.9 Å². The first-order chi connectivity index (χ1) is 9.47. The monoisotopic (exact) mass is 356 g/mol. The van der Waals surface area contributed by atoms with Crippen molar-refractivity contribution in [2.24, 2.45) is 0 Å². The number of carbonyl (C=O) groups is 1. The van der Waals surface area contributed by atoms with Crippen LogP contribution in [0.3, 0.4) is 0 Å². The van der Waals surface area contributed by atoms with Crippen LogP contribution in [0.5, 0.6) is 0 Å². The van der Waals surface area contributed by atoms with Gasteiger partial charge in [0.15, 0.2) is 5.82 Å². The third-order valence-corrected chi connectivity index (χ3v) is 4.20. The molecule has 0 aliphatic heterocycles. The van der Waals surface area contributed by atoms with Crippen LogP contribution in [-0.4, -0.2) is 21.2 Å². The summed E-state index contributed by atoms with van der Waals surface area (Å²) >= 11 is 4.67. The molecular weight excluding hydrogens is 344 g/mol. The van der Waals surface area contributed by atoms with Gasteiger partial charge in [0.05, 0.1) is 11.3 Å². The number of thioether (sulfide) groups is 1. The van der Waals surface area contributed by atoms with Crippen molar-refractivity contribution in [3.63, 3.8) is 0 Å². The Labute approximate surface area is 128 Å². The third kappa shape index (κ3) is 3.61. The molecule has 7 heteroatoms. The van der Waals surface area contributed by atoms with Crippen LogP contribution in [-0.2, 0) is 5.75 Å². The average molecular weight is 357 g/mol. The zero-order chi connectivity index (χ0) is 14.7. The van der Waals surface area contributed by atoms with Crippen molar-refractivity contribution in [1.82, 2.24) is 10.1 Å². The summed E-state index contributed by atoms with van der Waals surface area (Å²) in [6.45, 7) is 3.99. The third-order valence-electron chi connectivity index (χ3n) is 2.53. The number of hydrogen-bond donors (Lipinski definition) is 1. The molecule has 0 saturated carbocycles. The van der Waals surface area contributed by atoms with Crippen LogP contribution < -0.4 is 0 Å². The maximum absolute atomic E-state index is 11.0. The maximum atomic E-state index is 11.0. The van der Waals surface area contributed by atoms with Gasteiger partial charge < -0.3 is 9.63 Å². The lowest BCUT2D eigenvalue weighted by Crippen LogP contribution is -1.97. The zero-order valence-electron chi connectivity index (χ0n) is 11.0. The van der Waals surface area contributed by atoms with Gasteiger partial charge in [0.25, 0.3) is 0 Å². The summed E-state index contributed by atoms with van der Waals surface area (Å²) in [6.07, 6.45) is 0. The Morgan fingerprint density at radius 2 is 2.25 bits per heavy atom. The minimum atomic E-state index is -0.959. The summed E-state index contributed by atoms with van der Waals surface area (Å²) < 4.78 is 5.71. The van der Waals surface area contributed by atoms with Gasteiger partial charge in [-0.2, -0.15) is 4.98 Å². The van der Waals surface area contributed by atoms with Crippen molar-refractivity contribution < 1.29 is 14.4 Å². The standard InChI is InChI=1S/C13H13BrN2O3S/c1-7(2)12-15-11(19-16-12)6-20-8-3-4-10(14)9(5-8)13(17)18/h3-5,7H,6H2,1-2H3,(H,17,18). The van der Waals surface area contributed by atoms with Gasteiger partial charge in [-0.05, 0) is 34.1 Å². The maximum Gasteiger partial charge on any atom is 0.336 e. The van der Waals surface area contributed by atoms with Crippen LogP contribution in [0, 0.1) is 0 Å². The molecule has 0 bridgehead atoms. The second-order valence-corrected chi connectivity index (χ2v) is 6.34. The Bertz CT molecular complexity index is 628. The molecule has 5 nitrogen and oxygen atoms in total. The Balaban J connectivity index is 2.06. The molecule has 1 aromatic carbocycles. The van der Waals surface area contributed by atoms with E-state index in [1.54, 1.807) is 12.1 Å². The van der Waals surface area contributed by atoms with Crippen molar-refractivity contribution in [2.45, 2.75) is 30.4 Å². The number of halogens is 1. The van der Waals surface area contributed by atoms with Gasteiger partial charge in [0.1, 0.15) is 0 Å². The number of nitrogens with zero attached hydrogens (tertiary/aromatic N) is 2. The van der Waals surface area contributed by atoms with Crippen LogP contribution in [0.4, 0.5) is 0 Å². The summed E-state index contributed by atoms with van der Waals surface area (Å²) in [5.41, 5.74) is 0.239. The largest absolute Gasteiger partial charge is 0.478 e. The normalized spacial score (nSPS) is 11.0. The van der Waals surface area contributed by atoms with E-state index >= 15 is 0 Å². The van der Waals surface area contributed by atoms with Gasteiger partial charge in [-0.25, -0.2) is 4.79 Å². The van der Waals surface area contributed by atoms with E-state index in [0.29, 0.717) is 21.9 Å². The van der Waals surface area contributed by atoms with E-state index < -0.39 is 5.97 Å². The summed E-state index contributed by atoms with van der Waals surface area (Å²) in [6, 6.07) is 5.19. The van der Waals surface area contributed by atoms with E-state index in [9.17, 15) is 4.79 Å². The topological polar surface area (TPSA) is 76.2 Å². The first-order valence-corrected chi connectivity index (χ1v) is 7.73. The Morgan fingerprint density at radius 3 is 2.85 bits per heavy atom. The van der Waals surface area contributed by atoms with Gasteiger partial charge >= 0.3 is 5.97 Å². The lowest BCUT2D eigenvalue weighted by molar-refractivity contribution is 0.0695. The second kappa shape index (κ2) is 6.41. The quantitative estimate of drug-likeness (QED) is 0.817. The van der Waals surface area contributed by atoms with Crippen LogP contribution in [0.1, 0.15) is 41.8 Å². The fourth-order valence-corrected chi connectivity index (χ4v) is 2.65. The first kappa shape index (κ1) is 15.1. The molecule has 0 atom stereocenters. The minimum Gasteiger partial charge on any atom is -0.478 e. The Morgan fingerprint density at radius 1 is 1.50 bits per heavy atom. The number of aromatic nitrogens is 2. The Hall–Kier alpha value is -1.34. The second-order valence-electron chi connectivity index (χ2n) is 4.44. The Kier molecular flexibility index (Phi) is 4.82. The van der Waals surface area contributed by atoms with Crippen LogP contribution in [0.25, 0.3) is 0 Å². The number of rotatable bonds is 5. The molecule has 0 saturated heterocycles. The average Bonchev–Trinajstić information content (AvgIpc) is 2.86. The van der Waals surface area contributed by atoms with Crippen molar-refractivity contribution in [2.75, 3.05) is 0 Å². The van der Waals surface area contributed by atoms with E-state index in [4.69, 9.17) is 9.63 Å². The highest BCUT2D eigenvalue weighted by Crippen LogP contribution is 2.27. The smallest absolute Gasteiger partial charge is 0.336 e. The highest BCUT2D eigenvalue weighted by molar-refractivity contribution is 9.10. The summed E-state index contributed by atoms with van der Waals surface area (Å²) in [7, 11) is 0. The molecule has 1 heterocycles. The number of hydrogen-bond acceptors (Lipinski definition) is 5. The molecular formula is C13H13BrN2O3S. The van der Waals surface area contributed by atoms with Gasteiger partial charge in [-0.3, -0.25) is 0 Å². The van der Waals surface area contributed by atoms with Gasteiger partial charge in [-0.15, -0.1) is 11.8 Å². The lowest BCUT2D eigenvalue weighted by atomic mass is 10.2. The summed E-state index contributed by atoms with van der Waals surface area (Å²) in [5, 5.41) is 12.9. The highest BCUT2D eigenvalue weighted by atomic mass is 79.9.